The second-order valence-corrected chi connectivity index (χ2v) is 4.29. The number of carbonyl (C=O) groups is 1. The van der Waals surface area contributed by atoms with Gasteiger partial charge in [-0.1, -0.05) is 45.4 Å². The van der Waals surface area contributed by atoms with Gasteiger partial charge in [0.15, 0.2) is 0 Å². The van der Waals surface area contributed by atoms with Gasteiger partial charge in [0.05, 0.1) is 6.67 Å². The monoisotopic (exact) mass is 216 g/mol. The van der Waals surface area contributed by atoms with Gasteiger partial charge in [-0.25, -0.2) is 0 Å². The van der Waals surface area contributed by atoms with E-state index in [1.807, 2.05) is 0 Å². The van der Waals surface area contributed by atoms with Crippen LogP contribution < -0.4 is 0 Å². The Morgan fingerprint density at radius 3 is 2.40 bits per heavy atom. The van der Waals surface area contributed by atoms with E-state index in [2.05, 4.69) is 6.92 Å². The molecule has 2 heteroatoms. The van der Waals surface area contributed by atoms with Crippen LogP contribution in [0.3, 0.4) is 0 Å². The average Bonchev–Trinajstić information content (AvgIpc) is 2.24. The summed E-state index contributed by atoms with van der Waals surface area (Å²) in [4.78, 5) is 10.1. The minimum Gasteiger partial charge on any atom is -0.303 e. The number of halogens is 1. The van der Waals surface area contributed by atoms with Gasteiger partial charge in [0.1, 0.15) is 6.29 Å². The summed E-state index contributed by atoms with van der Waals surface area (Å²) in [5.41, 5.74) is 0. The first-order chi connectivity index (χ1) is 7.35. The van der Waals surface area contributed by atoms with Gasteiger partial charge in [-0.2, -0.15) is 0 Å². The van der Waals surface area contributed by atoms with E-state index in [4.69, 9.17) is 0 Å². The second kappa shape index (κ2) is 11.7. The summed E-state index contributed by atoms with van der Waals surface area (Å²) in [6.45, 7) is 1.99. The summed E-state index contributed by atoms with van der Waals surface area (Å²) in [6, 6.07) is 0. The summed E-state index contributed by atoms with van der Waals surface area (Å²) in [7, 11) is 0. The zero-order chi connectivity index (χ0) is 11.4. The SMILES string of the molecule is CCCC(CCF)CCCCCCC=O. The first-order valence-electron chi connectivity index (χ1n) is 6.34. The highest BCUT2D eigenvalue weighted by Gasteiger charge is 2.06. The van der Waals surface area contributed by atoms with Crippen molar-refractivity contribution < 1.29 is 9.18 Å². The molecule has 0 aromatic rings. The lowest BCUT2D eigenvalue weighted by atomic mass is 9.93. The Hall–Kier alpha value is -0.400. The molecule has 1 atom stereocenters. The largest absolute Gasteiger partial charge is 0.303 e. The van der Waals surface area contributed by atoms with Gasteiger partial charge < -0.3 is 4.79 Å². The normalized spacial score (nSPS) is 12.7. The van der Waals surface area contributed by atoms with Crippen LogP contribution >= 0.6 is 0 Å². The molecule has 0 aromatic carbocycles. The van der Waals surface area contributed by atoms with Crippen LogP contribution in [0.5, 0.6) is 0 Å². The van der Waals surface area contributed by atoms with Crippen molar-refractivity contribution in [1.29, 1.82) is 0 Å². The fraction of sp³-hybridized carbons (Fsp3) is 0.923. The van der Waals surface area contributed by atoms with Crippen LogP contribution in [0.4, 0.5) is 4.39 Å². The third-order valence-electron chi connectivity index (χ3n) is 2.90. The van der Waals surface area contributed by atoms with E-state index in [0.29, 0.717) is 12.3 Å². The van der Waals surface area contributed by atoms with Crippen molar-refractivity contribution in [2.45, 2.75) is 64.7 Å². The number of carbonyl (C=O) groups excluding carboxylic acids is 1. The number of hydrogen-bond donors (Lipinski definition) is 0. The number of hydrogen-bond acceptors (Lipinski definition) is 1. The van der Waals surface area contributed by atoms with Crippen LogP contribution in [-0.4, -0.2) is 13.0 Å². The molecular weight excluding hydrogens is 191 g/mol. The lowest BCUT2D eigenvalue weighted by Gasteiger charge is -2.13. The van der Waals surface area contributed by atoms with Crippen molar-refractivity contribution in [1.82, 2.24) is 0 Å². The Morgan fingerprint density at radius 2 is 1.80 bits per heavy atom. The minimum absolute atomic E-state index is 0.171. The van der Waals surface area contributed by atoms with E-state index in [0.717, 1.165) is 38.4 Å². The van der Waals surface area contributed by atoms with Gasteiger partial charge in [0, 0.05) is 6.42 Å². The van der Waals surface area contributed by atoms with Crippen LogP contribution in [0.2, 0.25) is 0 Å². The van der Waals surface area contributed by atoms with Gasteiger partial charge in [-0.05, 0) is 18.8 Å². The maximum atomic E-state index is 12.2. The smallest absolute Gasteiger partial charge is 0.119 e. The first-order valence-corrected chi connectivity index (χ1v) is 6.34. The molecule has 0 spiro atoms. The Morgan fingerprint density at radius 1 is 1.07 bits per heavy atom. The summed E-state index contributed by atoms with van der Waals surface area (Å²) in [5, 5.41) is 0. The van der Waals surface area contributed by atoms with E-state index < -0.39 is 0 Å². The van der Waals surface area contributed by atoms with Gasteiger partial charge in [-0.15, -0.1) is 0 Å². The molecule has 0 amide bonds. The molecule has 0 saturated heterocycles. The maximum absolute atomic E-state index is 12.2. The van der Waals surface area contributed by atoms with Crippen LogP contribution in [0.15, 0.2) is 0 Å². The van der Waals surface area contributed by atoms with E-state index in [1.165, 1.54) is 19.3 Å². The molecule has 1 nitrogen and oxygen atoms in total. The molecule has 0 fully saturated rings. The Kier molecular flexibility index (Phi) is 11.4. The summed E-state index contributed by atoms with van der Waals surface area (Å²) < 4.78 is 12.2. The zero-order valence-electron chi connectivity index (χ0n) is 10.0. The zero-order valence-corrected chi connectivity index (χ0v) is 10.0. The Labute approximate surface area is 93.4 Å². The highest BCUT2D eigenvalue weighted by Crippen LogP contribution is 2.19. The Balaban J connectivity index is 3.31. The molecule has 15 heavy (non-hydrogen) atoms. The summed E-state index contributed by atoms with van der Waals surface area (Å²) >= 11 is 0. The van der Waals surface area contributed by atoms with Gasteiger partial charge in [0.2, 0.25) is 0 Å². The number of unbranched alkanes of at least 4 members (excludes halogenated alkanes) is 4. The Bertz CT molecular complexity index is 130. The predicted molar refractivity (Wildman–Crippen MR) is 62.8 cm³/mol. The third-order valence-corrected chi connectivity index (χ3v) is 2.90. The highest BCUT2D eigenvalue weighted by molar-refractivity contribution is 5.48. The quantitative estimate of drug-likeness (QED) is 0.372. The van der Waals surface area contributed by atoms with Crippen LogP contribution in [-0.2, 0) is 4.79 Å². The van der Waals surface area contributed by atoms with E-state index >= 15 is 0 Å². The molecule has 1 unspecified atom stereocenters. The molecule has 0 aromatic heterocycles. The summed E-state index contributed by atoms with van der Waals surface area (Å²) in [5.74, 6) is 0.589. The first kappa shape index (κ1) is 14.6. The average molecular weight is 216 g/mol. The number of rotatable bonds is 11. The van der Waals surface area contributed by atoms with Crippen LogP contribution in [0.25, 0.3) is 0 Å². The van der Waals surface area contributed by atoms with E-state index in [9.17, 15) is 9.18 Å². The molecule has 0 radical (unpaired) electrons. The van der Waals surface area contributed by atoms with Crippen molar-refractivity contribution in [3.63, 3.8) is 0 Å². The van der Waals surface area contributed by atoms with Gasteiger partial charge >= 0.3 is 0 Å². The molecule has 0 aliphatic rings. The van der Waals surface area contributed by atoms with Crippen LogP contribution in [0.1, 0.15) is 64.7 Å². The fourth-order valence-electron chi connectivity index (χ4n) is 2.01. The minimum atomic E-state index is -0.171. The molecule has 90 valence electrons. The van der Waals surface area contributed by atoms with E-state index in [-0.39, 0.29) is 6.67 Å². The van der Waals surface area contributed by atoms with Crippen molar-refractivity contribution in [3.8, 4) is 0 Å². The number of alkyl halides is 1. The molecule has 0 bridgehead atoms. The standard InChI is InChI=1S/C13H25FO/c1-2-8-13(10-11-14)9-6-4-3-5-7-12-15/h12-13H,2-11H2,1H3. The van der Waals surface area contributed by atoms with Crippen molar-refractivity contribution >= 4 is 6.29 Å². The van der Waals surface area contributed by atoms with Gasteiger partial charge in [0.25, 0.3) is 0 Å². The van der Waals surface area contributed by atoms with Crippen molar-refractivity contribution in [3.05, 3.63) is 0 Å². The van der Waals surface area contributed by atoms with Gasteiger partial charge in [-0.3, -0.25) is 4.39 Å². The molecule has 0 saturated carbocycles. The highest BCUT2D eigenvalue weighted by atomic mass is 19.1. The molecule has 0 aliphatic carbocycles. The predicted octanol–water partition coefficient (Wildman–Crippen LogP) is 4.30. The lowest BCUT2D eigenvalue weighted by molar-refractivity contribution is -0.107. The third kappa shape index (κ3) is 9.89. The molecule has 0 aliphatic heterocycles. The number of aldehydes is 1. The molecular formula is C13H25FO. The topological polar surface area (TPSA) is 17.1 Å². The van der Waals surface area contributed by atoms with Crippen molar-refractivity contribution in [2.75, 3.05) is 6.67 Å². The maximum Gasteiger partial charge on any atom is 0.119 e. The summed E-state index contributed by atoms with van der Waals surface area (Å²) in [6.07, 6.45) is 10.5. The molecule has 0 rings (SSSR count). The lowest BCUT2D eigenvalue weighted by Crippen LogP contribution is -2.01. The van der Waals surface area contributed by atoms with Crippen LogP contribution in [0, 0.1) is 5.92 Å². The van der Waals surface area contributed by atoms with Crippen molar-refractivity contribution in [2.24, 2.45) is 5.92 Å². The molecule has 0 heterocycles. The fourth-order valence-corrected chi connectivity index (χ4v) is 2.01. The second-order valence-electron chi connectivity index (χ2n) is 4.29. The van der Waals surface area contributed by atoms with E-state index in [1.54, 1.807) is 0 Å². The molecule has 0 N–H and O–H groups in total.